The van der Waals surface area contributed by atoms with Crippen LogP contribution >= 0.6 is 31.9 Å². The summed E-state index contributed by atoms with van der Waals surface area (Å²) in [6, 6.07) is 3.56. The lowest BCUT2D eigenvalue weighted by atomic mass is 10.2. The van der Waals surface area contributed by atoms with Crippen LogP contribution in [0.4, 0.5) is 0 Å². The Morgan fingerprint density at radius 1 is 1.33 bits per heavy atom. The molecule has 2 N–H and O–H groups in total. The molecule has 0 saturated carbocycles. The number of benzene rings is 1. The molecule has 0 aliphatic carbocycles. The zero-order chi connectivity index (χ0) is 14.8. The van der Waals surface area contributed by atoms with Crippen LogP contribution in [0.15, 0.2) is 32.4 Å². The number of nitrogens with one attached hydrogen (secondary N) is 2. The van der Waals surface area contributed by atoms with Crippen LogP contribution in [0, 0.1) is 0 Å². The van der Waals surface area contributed by atoms with Gasteiger partial charge in [-0.25, -0.2) is 5.43 Å². The summed E-state index contributed by atoms with van der Waals surface area (Å²) in [5, 5.41) is 10.2. The first-order valence-corrected chi connectivity index (χ1v) is 7.35. The molecule has 1 amide bonds. The fourth-order valence-electron chi connectivity index (χ4n) is 1.68. The first-order chi connectivity index (χ1) is 10.1. The molecule has 21 heavy (non-hydrogen) atoms. The number of fused-ring (bicyclic) bond motifs is 1. The second-order valence-corrected chi connectivity index (χ2v) is 5.73. The van der Waals surface area contributed by atoms with E-state index >= 15 is 0 Å². The van der Waals surface area contributed by atoms with E-state index in [1.165, 1.54) is 12.4 Å². The van der Waals surface area contributed by atoms with Gasteiger partial charge in [0.2, 0.25) is 6.79 Å². The smallest absolute Gasteiger partial charge is 0.290 e. The molecule has 1 aromatic heterocycles. The van der Waals surface area contributed by atoms with Crippen molar-refractivity contribution in [1.29, 1.82) is 0 Å². The predicted molar refractivity (Wildman–Crippen MR) is 81.6 cm³/mol. The summed E-state index contributed by atoms with van der Waals surface area (Å²) in [5.74, 6) is 0.916. The third-order valence-electron chi connectivity index (χ3n) is 2.68. The van der Waals surface area contributed by atoms with Crippen LogP contribution in [0.25, 0.3) is 0 Å². The van der Waals surface area contributed by atoms with Crippen molar-refractivity contribution in [3.8, 4) is 11.5 Å². The third kappa shape index (κ3) is 2.93. The van der Waals surface area contributed by atoms with Crippen LogP contribution in [0.1, 0.15) is 16.1 Å². The molecule has 1 aliphatic rings. The number of ether oxygens (including phenoxy) is 2. The van der Waals surface area contributed by atoms with Crippen molar-refractivity contribution in [3.05, 3.63) is 38.5 Å². The zero-order valence-electron chi connectivity index (χ0n) is 10.4. The number of rotatable bonds is 3. The number of hydrogen-bond donors (Lipinski definition) is 2. The molecule has 0 atom stereocenters. The molecule has 0 unspecified atom stereocenters. The van der Waals surface area contributed by atoms with E-state index in [0.717, 1.165) is 10.0 Å². The second-order valence-electron chi connectivity index (χ2n) is 4.02. The zero-order valence-corrected chi connectivity index (χ0v) is 13.6. The Morgan fingerprint density at radius 3 is 2.81 bits per heavy atom. The highest BCUT2D eigenvalue weighted by molar-refractivity contribution is 9.10. The van der Waals surface area contributed by atoms with E-state index in [2.05, 4.69) is 52.6 Å². The van der Waals surface area contributed by atoms with E-state index in [-0.39, 0.29) is 6.79 Å². The molecular weight excluding hydrogens is 408 g/mol. The highest BCUT2D eigenvalue weighted by atomic mass is 79.9. The number of aromatic amines is 1. The molecule has 0 bridgehead atoms. The Hall–Kier alpha value is -1.87. The summed E-state index contributed by atoms with van der Waals surface area (Å²) in [6.07, 6.45) is 3.00. The molecule has 9 heteroatoms. The van der Waals surface area contributed by atoms with Crippen LogP contribution in [0.2, 0.25) is 0 Å². The van der Waals surface area contributed by atoms with E-state index in [4.69, 9.17) is 9.47 Å². The van der Waals surface area contributed by atoms with Gasteiger partial charge < -0.3 is 9.47 Å². The molecule has 108 valence electrons. The summed E-state index contributed by atoms with van der Waals surface area (Å²) >= 11 is 6.61. The number of carbonyl (C=O) groups excluding carboxylic acids is 1. The van der Waals surface area contributed by atoms with Gasteiger partial charge in [0.25, 0.3) is 5.91 Å². The number of hydrogen-bond acceptors (Lipinski definition) is 5. The molecule has 2 aromatic rings. The lowest BCUT2D eigenvalue weighted by molar-refractivity contribution is 0.0949. The largest absolute Gasteiger partial charge is 0.454 e. The molecule has 0 saturated heterocycles. The average molecular weight is 416 g/mol. The van der Waals surface area contributed by atoms with Gasteiger partial charge in [-0.2, -0.15) is 10.2 Å². The number of aromatic nitrogens is 2. The lowest BCUT2D eigenvalue weighted by Gasteiger charge is -2.01. The van der Waals surface area contributed by atoms with Gasteiger partial charge in [-0.1, -0.05) is 0 Å². The Kier molecular flexibility index (Phi) is 3.93. The van der Waals surface area contributed by atoms with E-state index in [9.17, 15) is 4.79 Å². The van der Waals surface area contributed by atoms with Crippen molar-refractivity contribution >= 4 is 44.0 Å². The maximum Gasteiger partial charge on any atom is 0.290 e. The van der Waals surface area contributed by atoms with Crippen LogP contribution in [-0.2, 0) is 0 Å². The van der Waals surface area contributed by atoms with Crippen LogP contribution in [0.3, 0.4) is 0 Å². The summed E-state index contributed by atoms with van der Waals surface area (Å²) < 4.78 is 11.9. The van der Waals surface area contributed by atoms with Gasteiger partial charge in [-0.3, -0.25) is 9.89 Å². The van der Waals surface area contributed by atoms with Crippen molar-refractivity contribution in [2.24, 2.45) is 5.10 Å². The van der Waals surface area contributed by atoms with Crippen molar-refractivity contribution in [2.75, 3.05) is 6.79 Å². The summed E-state index contributed by atoms with van der Waals surface area (Å²) in [5.41, 5.74) is 3.46. The minimum atomic E-state index is -0.396. The topological polar surface area (TPSA) is 88.6 Å². The van der Waals surface area contributed by atoms with Crippen LogP contribution in [-0.4, -0.2) is 29.1 Å². The van der Waals surface area contributed by atoms with Gasteiger partial charge in [0.1, 0.15) is 5.69 Å². The van der Waals surface area contributed by atoms with E-state index in [1.807, 2.05) is 0 Å². The van der Waals surface area contributed by atoms with Gasteiger partial charge in [-0.05, 0) is 44.0 Å². The summed E-state index contributed by atoms with van der Waals surface area (Å²) in [6.45, 7) is 0.201. The molecular formula is C12H8Br2N4O3. The predicted octanol–water partition coefficient (Wildman–Crippen LogP) is 2.43. The first kappa shape index (κ1) is 14.1. The molecule has 1 aromatic carbocycles. The highest BCUT2D eigenvalue weighted by Crippen LogP contribution is 2.36. The number of carbonyl (C=O) groups is 1. The van der Waals surface area contributed by atoms with Gasteiger partial charge in [-0.15, -0.1) is 0 Å². The number of amides is 1. The first-order valence-electron chi connectivity index (χ1n) is 5.76. The maximum absolute atomic E-state index is 11.8. The Bertz CT molecular complexity index is 729. The lowest BCUT2D eigenvalue weighted by Crippen LogP contribution is -2.18. The van der Waals surface area contributed by atoms with E-state index < -0.39 is 5.91 Å². The fourth-order valence-corrected chi connectivity index (χ4v) is 2.47. The molecule has 0 radical (unpaired) electrons. The quantitative estimate of drug-likeness (QED) is 0.595. The van der Waals surface area contributed by atoms with E-state index in [1.54, 1.807) is 12.1 Å². The summed E-state index contributed by atoms with van der Waals surface area (Å²) in [7, 11) is 0. The maximum atomic E-state index is 11.8. The Balaban J connectivity index is 1.72. The Morgan fingerprint density at radius 2 is 2.10 bits per heavy atom. The molecule has 2 heterocycles. The minimum Gasteiger partial charge on any atom is -0.454 e. The molecule has 0 spiro atoms. The molecule has 3 rings (SSSR count). The fraction of sp³-hybridized carbons (Fsp3) is 0.0833. The monoisotopic (exact) mass is 414 g/mol. The molecule has 7 nitrogen and oxygen atoms in total. The van der Waals surface area contributed by atoms with Crippen LogP contribution in [0.5, 0.6) is 11.5 Å². The SMILES string of the molecule is O=C(N/N=C/c1cc2c(cc1Br)OCO2)c1[nH]ncc1Br. The van der Waals surface area contributed by atoms with Gasteiger partial charge in [0, 0.05) is 10.0 Å². The van der Waals surface area contributed by atoms with Crippen molar-refractivity contribution in [2.45, 2.75) is 0 Å². The third-order valence-corrected chi connectivity index (χ3v) is 3.97. The van der Waals surface area contributed by atoms with Crippen LogP contribution < -0.4 is 14.9 Å². The number of hydrazone groups is 1. The van der Waals surface area contributed by atoms with Crippen molar-refractivity contribution in [3.63, 3.8) is 0 Å². The number of halogens is 2. The minimum absolute atomic E-state index is 0.201. The van der Waals surface area contributed by atoms with Crippen molar-refractivity contribution in [1.82, 2.24) is 15.6 Å². The van der Waals surface area contributed by atoms with Crippen molar-refractivity contribution < 1.29 is 14.3 Å². The van der Waals surface area contributed by atoms with Gasteiger partial charge in [0.15, 0.2) is 11.5 Å². The van der Waals surface area contributed by atoms with Gasteiger partial charge in [0.05, 0.1) is 16.9 Å². The van der Waals surface area contributed by atoms with E-state index in [0.29, 0.717) is 21.7 Å². The number of nitrogens with zero attached hydrogens (tertiary/aromatic N) is 2. The standard InChI is InChI=1S/C12H8Br2N4O3/c13-7-2-10-9(20-5-21-10)1-6(7)3-15-18-12(19)11-8(14)4-16-17-11/h1-4H,5H2,(H,16,17)(H,18,19)/b15-3+. The average Bonchev–Trinajstić information content (AvgIpc) is 3.07. The molecule has 0 fully saturated rings. The summed E-state index contributed by atoms with van der Waals surface area (Å²) in [4.78, 5) is 11.8. The molecule has 1 aliphatic heterocycles. The number of H-pyrrole nitrogens is 1. The highest BCUT2D eigenvalue weighted by Gasteiger charge is 2.15. The second kappa shape index (κ2) is 5.86. The Labute approximate surface area is 136 Å². The van der Waals surface area contributed by atoms with Gasteiger partial charge >= 0.3 is 0 Å². The normalized spacial score (nSPS) is 12.9.